The highest BCUT2D eigenvalue weighted by Gasteiger charge is 2.23. The van der Waals surface area contributed by atoms with E-state index >= 15 is 0 Å². The van der Waals surface area contributed by atoms with Crippen LogP contribution in [0.25, 0.3) is 17.0 Å². The number of rotatable bonds is 5. The van der Waals surface area contributed by atoms with Crippen LogP contribution in [0.2, 0.25) is 0 Å². The number of nitrogens with zero attached hydrogens (tertiary/aromatic N) is 4. The van der Waals surface area contributed by atoms with Gasteiger partial charge in [-0.1, -0.05) is 0 Å². The first kappa shape index (κ1) is 15.6. The standard InChI is InChI=1S/C19H22N6O/c1-2-13(9-20-6-1)23-18-12-21-10-16(24-18)17-11-22-19-8-15(5-7-25(17)19)26-14-3-4-14/h5,7-8,10-14,20H,1-4,6,9H2,(H,23,24)/t13-/m1/s1. The summed E-state index contributed by atoms with van der Waals surface area (Å²) in [5, 5.41) is 6.89. The summed E-state index contributed by atoms with van der Waals surface area (Å²) < 4.78 is 7.88. The summed E-state index contributed by atoms with van der Waals surface area (Å²) >= 11 is 0. The van der Waals surface area contributed by atoms with E-state index in [1.54, 1.807) is 12.4 Å². The lowest BCUT2D eigenvalue weighted by molar-refractivity contribution is 0.303. The van der Waals surface area contributed by atoms with Crippen LogP contribution in [0.4, 0.5) is 5.82 Å². The molecular weight excluding hydrogens is 328 g/mol. The van der Waals surface area contributed by atoms with Crippen LogP contribution in [-0.4, -0.2) is 44.6 Å². The molecule has 1 aliphatic heterocycles. The quantitative estimate of drug-likeness (QED) is 0.736. The fourth-order valence-corrected chi connectivity index (χ4v) is 3.35. The van der Waals surface area contributed by atoms with Crippen LogP contribution >= 0.6 is 0 Å². The van der Waals surface area contributed by atoms with Gasteiger partial charge in [0.05, 0.1) is 30.4 Å². The molecular formula is C19H22N6O. The van der Waals surface area contributed by atoms with Crippen LogP contribution in [0.15, 0.2) is 36.9 Å². The molecule has 0 bridgehead atoms. The van der Waals surface area contributed by atoms with Crippen molar-refractivity contribution < 1.29 is 4.74 Å². The average molecular weight is 350 g/mol. The van der Waals surface area contributed by atoms with Crippen LogP contribution in [0.5, 0.6) is 5.75 Å². The van der Waals surface area contributed by atoms with Gasteiger partial charge in [0.25, 0.3) is 0 Å². The third-order valence-corrected chi connectivity index (χ3v) is 4.86. The molecule has 5 rings (SSSR count). The van der Waals surface area contributed by atoms with Gasteiger partial charge < -0.3 is 15.4 Å². The van der Waals surface area contributed by atoms with Crippen LogP contribution in [-0.2, 0) is 0 Å². The summed E-state index contributed by atoms with van der Waals surface area (Å²) in [4.78, 5) is 13.6. The number of ether oxygens (including phenoxy) is 1. The molecule has 2 aliphatic rings. The topological polar surface area (TPSA) is 76.4 Å². The van der Waals surface area contributed by atoms with Crippen molar-refractivity contribution in [2.24, 2.45) is 0 Å². The Bertz CT molecular complexity index is 913. The van der Waals surface area contributed by atoms with Crippen LogP contribution < -0.4 is 15.4 Å². The molecule has 4 heterocycles. The highest BCUT2D eigenvalue weighted by molar-refractivity contribution is 5.61. The summed E-state index contributed by atoms with van der Waals surface area (Å²) in [5.41, 5.74) is 2.59. The van der Waals surface area contributed by atoms with E-state index in [4.69, 9.17) is 9.72 Å². The number of fused-ring (bicyclic) bond motifs is 1. The minimum atomic E-state index is 0.384. The van der Waals surface area contributed by atoms with Crippen LogP contribution in [0.3, 0.4) is 0 Å². The maximum Gasteiger partial charge on any atom is 0.145 e. The number of pyridine rings is 1. The van der Waals surface area contributed by atoms with Crippen molar-refractivity contribution in [1.82, 2.24) is 24.7 Å². The van der Waals surface area contributed by atoms with Gasteiger partial charge in [0.15, 0.2) is 0 Å². The molecule has 1 aliphatic carbocycles. The molecule has 26 heavy (non-hydrogen) atoms. The summed E-state index contributed by atoms with van der Waals surface area (Å²) in [6, 6.07) is 4.36. The van der Waals surface area contributed by atoms with E-state index in [1.807, 2.05) is 28.9 Å². The lowest BCUT2D eigenvalue weighted by atomic mass is 10.1. The summed E-state index contributed by atoms with van der Waals surface area (Å²) in [7, 11) is 0. The second-order valence-electron chi connectivity index (χ2n) is 7.03. The lowest BCUT2D eigenvalue weighted by Crippen LogP contribution is -2.38. The largest absolute Gasteiger partial charge is 0.490 e. The monoisotopic (exact) mass is 350 g/mol. The van der Waals surface area contributed by atoms with Gasteiger partial charge in [0.1, 0.15) is 22.9 Å². The maximum absolute atomic E-state index is 5.85. The van der Waals surface area contributed by atoms with E-state index in [0.29, 0.717) is 12.1 Å². The maximum atomic E-state index is 5.85. The Labute approximate surface area is 151 Å². The van der Waals surface area contributed by atoms with Crippen molar-refractivity contribution in [3.8, 4) is 17.1 Å². The second kappa shape index (κ2) is 6.57. The van der Waals surface area contributed by atoms with Gasteiger partial charge in [-0.15, -0.1) is 0 Å². The molecule has 0 amide bonds. The molecule has 0 spiro atoms. The van der Waals surface area contributed by atoms with E-state index in [-0.39, 0.29) is 0 Å². The third-order valence-electron chi connectivity index (χ3n) is 4.86. The zero-order valence-corrected chi connectivity index (χ0v) is 14.6. The van der Waals surface area contributed by atoms with Crippen molar-refractivity contribution in [2.75, 3.05) is 18.4 Å². The fourth-order valence-electron chi connectivity index (χ4n) is 3.35. The van der Waals surface area contributed by atoms with Gasteiger partial charge in [-0.3, -0.25) is 9.38 Å². The molecule has 3 aromatic rings. The minimum Gasteiger partial charge on any atom is -0.490 e. The smallest absolute Gasteiger partial charge is 0.145 e. The Balaban J connectivity index is 1.40. The highest BCUT2D eigenvalue weighted by atomic mass is 16.5. The van der Waals surface area contributed by atoms with Gasteiger partial charge in [-0.25, -0.2) is 9.97 Å². The number of hydrogen-bond donors (Lipinski definition) is 2. The molecule has 7 heteroatoms. The lowest BCUT2D eigenvalue weighted by Gasteiger charge is -2.24. The Hall–Kier alpha value is -2.67. The van der Waals surface area contributed by atoms with E-state index in [0.717, 1.165) is 61.0 Å². The molecule has 134 valence electrons. The fraction of sp³-hybridized carbons (Fsp3) is 0.421. The first-order chi connectivity index (χ1) is 12.8. The van der Waals surface area contributed by atoms with Gasteiger partial charge in [0.2, 0.25) is 0 Å². The molecule has 0 radical (unpaired) electrons. The molecule has 0 unspecified atom stereocenters. The Morgan fingerprint density at radius 3 is 3.00 bits per heavy atom. The first-order valence-corrected chi connectivity index (χ1v) is 9.28. The van der Waals surface area contributed by atoms with E-state index < -0.39 is 0 Å². The molecule has 1 saturated carbocycles. The Morgan fingerprint density at radius 2 is 2.15 bits per heavy atom. The Kier molecular flexibility index (Phi) is 3.93. The zero-order valence-electron chi connectivity index (χ0n) is 14.6. The van der Waals surface area contributed by atoms with Crippen LogP contribution in [0.1, 0.15) is 25.7 Å². The van der Waals surface area contributed by atoms with Crippen LogP contribution in [0, 0.1) is 0 Å². The van der Waals surface area contributed by atoms with Crippen molar-refractivity contribution in [3.05, 3.63) is 36.9 Å². The average Bonchev–Trinajstić information content (AvgIpc) is 3.39. The van der Waals surface area contributed by atoms with E-state index in [1.165, 1.54) is 6.42 Å². The second-order valence-corrected chi connectivity index (χ2v) is 7.03. The summed E-state index contributed by atoms with van der Waals surface area (Å²) in [6.07, 6.45) is 12.4. The van der Waals surface area contributed by atoms with Crippen molar-refractivity contribution in [3.63, 3.8) is 0 Å². The van der Waals surface area contributed by atoms with E-state index in [2.05, 4.69) is 20.6 Å². The predicted octanol–water partition coefficient (Wildman–Crippen LogP) is 2.50. The minimum absolute atomic E-state index is 0.384. The predicted molar refractivity (Wildman–Crippen MR) is 99.4 cm³/mol. The molecule has 3 aromatic heterocycles. The molecule has 7 nitrogen and oxygen atoms in total. The van der Waals surface area contributed by atoms with Gasteiger partial charge in [-0.05, 0) is 38.3 Å². The molecule has 1 saturated heterocycles. The summed E-state index contributed by atoms with van der Waals surface area (Å²) in [5.74, 6) is 1.68. The number of piperidine rings is 1. The van der Waals surface area contributed by atoms with Gasteiger partial charge in [0, 0.05) is 24.8 Å². The summed E-state index contributed by atoms with van der Waals surface area (Å²) in [6.45, 7) is 2.06. The third kappa shape index (κ3) is 3.22. The van der Waals surface area contributed by atoms with Gasteiger partial charge >= 0.3 is 0 Å². The van der Waals surface area contributed by atoms with Crippen molar-refractivity contribution in [2.45, 2.75) is 37.8 Å². The molecule has 1 atom stereocenters. The normalized spacial score (nSPS) is 20.2. The van der Waals surface area contributed by atoms with Gasteiger partial charge in [-0.2, -0.15) is 0 Å². The number of hydrogen-bond acceptors (Lipinski definition) is 6. The number of anilines is 1. The molecule has 2 fully saturated rings. The van der Waals surface area contributed by atoms with E-state index in [9.17, 15) is 0 Å². The Morgan fingerprint density at radius 1 is 1.19 bits per heavy atom. The highest BCUT2D eigenvalue weighted by Crippen LogP contribution is 2.28. The van der Waals surface area contributed by atoms with Crippen molar-refractivity contribution >= 4 is 11.5 Å². The number of imidazole rings is 1. The zero-order chi connectivity index (χ0) is 17.3. The SMILES string of the molecule is c1cn2c(-c3cncc(N[C@@H]4CCCNC4)n3)cnc2cc1OC1CC1. The molecule has 0 aromatic carbocycles. The first-order valence-electron chi connectivity index (χ1n) is 9.28. The molecule has 2 N–H and O–H groups in total. The van der Waals surface area contributed by atoms with Crippen molar-refractivity contribution in [1.29, 1.82) is 0 Å². The number of nitrogens with one attached hydrogen (secondary N) is 2. The number of aromatic nitrogens is 4.